The van der Waals surface area contributed by atoms with Crippen molar-refractivity contribution in [1.29, 1.82) is 0 Å². The van der Waals surface area contributed by atoms with Crippen molar-refractivity contribution in [3.63, 3.8) is 0 Å². The van der Waals surface area contributed by atoms with Crippen LogP contribution in [0.2, 0.25) is 0 Å². The highest BCUT2D eigenvalue weighted by Crippen LogP contribution is 2.54. The monoisotopic (exact) mass is 466 g/mol. The molecular weight excluding hydrogens is 440 g/mol. The first-order valence-electron chi connectivity index (χ1n) is 11.3. The van der Waals surface area contributed by atoms with Crippen LogP contribution in [0.25, 0.3) is 21.9 Å². The van der Waals surface area contributed by atoms with Crippen LogP contribution in [0.15, 0.2) is 30.3 Å². The normalized spacial score (nSPS) is 11.6. The highest BCUT2D eigenvalue weighted by molar-refractivity contribution is 6.18. The van der Waals surface area contributed by atoms with E-state index in [-0.39, 0.29) is 52.7 Å². The Morgan fingerprint density at radius 1 is 0.853 bits per heavy atom. The van der Waals surface area contributed by atoms with Crippen LogP contribution in [-0.2, 0) is 9.47 Å². The van der Waals surface area contributed by atoms with Crippen molar-refractivity contribution >= 4 is 22.7 Å². The zero-order valence-electron chi connectivity index (χ0n) is 19.0. The minimum atomic E-state index is -0.734. The van der Waals surface area contributed by atoms with Gasteiger partial charge in [-0.25, -0.2) is 9.59 Å². The number of hydrogen-bond donors (Lipinski definition) is 3. The number of carbonyl (C=O) groups is 2. The Kier molecular flexibility index (Phi) is 6.49. The van der Waals surface area contributed by atoms with Crippen molar-refractivity contribution in [1.82, 2.24) is 0 Å². The number of fused-ring (bicyclic) bond motifs is 2. The number of phenols is 3. The SMILES string of the molecule is CCCCOC(=O)c1cc2ccc(O)c3c2c(c1C(=O)OCCCC)-c1cc(O)c(O)cc1O3. The molecule has 34 heavy (non-hydrogen) atoms. The molecule has 0 fully saturated rings. The third kappa shape index (κ3) is 4.07. The van der Waals surface area contributed by atoms with Crippen molar-refractivity contribution in [2.75, 3.05) is 13.2 Å². The number of aromatic hydroxyl groups is 3. The van der Waals surface area contributed by atoms with Gasteiger partial charge in [0.25, 0.3) is 0 Å². The second-order valence-corrected chi connectivity index (χ2v) is 8.10. The first-order chi connectivity index (χ1) is 16.4. The van der Waals surface area contributed by atoms with E-state index in [2.05, 4.69) is 0 Å². The van der Waals surface area contributed by atoms with E-state index < -0.39 is 23.4 Å². The van der Waals surface area contributed by atoms with Crippen LogP contribution < -0.4 is 4.74 Å². The predicted molar refractivity (Wildman–Crippen MR) is 125 cm³/mol. The number of benzene rings is 3. The molecule has 4 rings (SSSR count). The quantitative estimate of drug-likeness (QED) is 0.173. The summed E-state index contributed by atoms with van der Waals surface area (Å²) in [7, 11) is 0. The summed E-state index contributed by atoms with van der Waals surface area (Å²) in [6, 6.07) is 6.96. The van der Waals surface area contributed by atoms with Gasteiger partial charge in [-0.05, 0) is 36.4 Å². The third-order valence-electron chi connectivity index (χ3n) is 5.68. The lowest BCUT2D eigenvalue weighted by Crippen LogP contribution is -2.18. The Morgan fingerprint density at radius 3 is 2.18 bits per heavy atom. The Bertz CT molecular complexity index is 1280. The highest BCUT2D eigenvalue weighted by Gasteiger charge is 2.33. The number of carbonyl (C=O) groups excluding carboxylic acids is 2. The summed E-state index contributed by atoms with van der Waals surface area (Å²) in [5, 5.41) is 31.6. The molecule has 178 valence electrons. The van der Waals surface area contributed by atoms with Crippen LogP contribution in [0.4, 0.5) is 0 Å². The number of phenolic OH excluding ortho intramolecular Hbond substituents is 3. The number of hydrogen-bond acceptors (Lipinski definition) is 8. The lowest BCUT2D eigenvalue weighted by Gasteiger charge is -2.25. The second-order valence-electron chi connectivity index (χ2n) is 8.10. The van der Waals surface area contributed by atoms with Gasteiger partial charge in [-0.3, -0.25) is 0 Å². The fourth-order valence-electron chi connectivity index (χ4n) is 3.91. The molecule has 0 amide bonds. The van der Waals surface area contributed by atoms with Gasteiger partial charge in [-0.1, -0.05) is 32.8 Å². The summed E-state index contributed by atoms with van der Waals surface area (Å²) < 4.78 is 16.7. The number of rotatable bonds is 8. The lowest BCUT2D eigenvalue weighted by molar-refractivity contribution is 0.0453. The Labute approximate surface area is 196 Å². The fraction of sp³-hybridized carbons (Fsp3) is 0.308. The van der Waals surface area contributed by atoms with Gasteiger partial charge in [0.15, 0.2) is 23.0 Å². The smallest absolute Gasteiger partial charge is 0.339 e. The minimum Gasteiger partial charge on any atom is -0.504 e. The predicted octanol–water partition coefficient (Wildman–Crippen LogP) is 5.64. The fourth-order valence-corrected chi connectivity index (χ4v) is 3.91. The van der Waals surface area contributed by atoms with Gasteiger partial charge in [-0.15, -0.1) is 0 Å². The summed E-state index contributed by atoms with van der Waals surface area (Å²) in [6.07, 6.45) is 2.96. The average Bonchev–Trinajstić information content (AvgIpc) is 2.82. The molecule has 0 radical (unpaired) electrons. The minimum absolute atomic E-state index is 0.0113. The summed E-state index contributed by atoms with van der Waals surface area (Å²) in [5.74, 6) is -2.29. The van der Waals surface area contributed by atoms with Gasteiger partial charge in [0.2, 0.25) is 0 Å². The Hall–Kier alpha value is -3.94. The topological polar surface area (TPSA) is 123 Å². The third-order valence-corrected chi connectivity index (χ3v) is 5.68. The molecule has 0 spiro atoms. The first kappa shape index (κ1) is 23.2. The van der Waals surface area contributed by atoms with Crippen LogP contribution >= 0.6 is 0 Å². The summed E-state index contributed by atoms with van der Waals surface area (Å²) in [6.45, 7) is 4.29. The van der Waals surface area contributed by atoms with Crippen LogP contribution in [0.1, 0.15) is 60.2 Å². The summed E-state index contributed by atoms with van der Waals surface area (Å²) >= 11 is 0. The molecule has 3 aromatic carbocycles. The van der Waals surface area contributed by atoms with Gasteiger partial charge in [-0.2, -0.15) is 0 Å². The maximum Gasteiger partial charge on any atom is 0.339 e. The molecule has 0 saturated carbocycles. The molecule has 1 heterocycles. The summed E-state index contributed by atoms with van der Waals surface area (Å²) in [4.78, 5) is 26.4. The van der Waals surface area contributed by atoms with Crippen molar-refractivity contribution in [2.24, 2.45) is 0 Å². The van der Waals surface area contributed by atoms with E-state index in [1.165, 1.54) is 24.3 Å². The molecule has 0 atom stereocenters. The molecule has 0 unspecified atom stereocenters. The molecule has 0 saturated heterocycles. The molecule has 0 aromatic heterocycles. The molecular formula is C26H26O8. The van der Waals surface area contributed by atoms with Crippen LogP contribution in [0.5, 0.6) is 28.7 Å². The van der Waals surface area contributed by atoms with Crippen LogP contribution in [0, 0.1) is 0 Å². The maximum absolute atomic E-state index is 13.3. The van der Waals surface area contributed by atoms with Crippen molar-refractivity contribution < 1.29 is 39.1 Å². The molecule has 1 aliphatic heterocycles. The van der Waals surface area contributed by atoms with E-state index in [4.69, 9.17) is 14.2 Å². The van der Waals surface area contributed by atoms with Crippen molar-refractivity contribution in [2.45, 2.75) is 39.5 Å². The largest absolute Gasteiger partial charge is 0.504 e. The van der Waals surface area contributed by atoms with Gasteiger partial charge in [0.05, 0.1) is 24.3 Å². The average molecular weight is 466 g/mol. The Balaban J connectivity index is 2.02. The van der Waals surface area contributed by atoms with Crippen LogP contribution in [-0.4, -0.2) is 40.5 Å². The molecule has 8 heteroatoms. The van der Waals surface area contributed by atoms with Gasteiger partial charge >= 0.3 is 11.9 Å². The van der Waals surface area contributed by atoms with E-state index in [0.29, 0.717) is 23.6 Å². The highest BCUT2D eigenvalue weighted by atomic mass is 16.5. The molecule has 3 aromatic rings. The number of esters is 2. The molecule has 8 nitrogen and oxygen atoms in total. The van der Waals surface area contributed by atoms with E-state index in [1.54, 1.807) is 6.07 Å². The second kappa shape index (κ2) is 9.51. The van der Waals surface area contributed by atoms with Crippen molar-refractivity contribution in [3.8, 4) is 39.9 Å². The zero-order valence-corrected chi connectivity index (χ0v) is 19.0. The standard InChI is InChI=1S/C26H26O8/c1-3-5-9-32-25(30)16-11-14-7-8-17(27)24-21(14)22(23(16)26(31)33-10-6-4-2)15-12-18(28)19(29)13-20(15)34-24/h7-8,11-13,27-29H,3-6,9-10H2,1-2H3. The number of unbranched alkanes of at least 4 members (excludes halogenated alkanes) is 2. The molecule has 0 aliphatic carbocycles. The van der Waals surface area contributed by atoms with Gasteiger partial charge in [0, 0.05) is 22.6 Å². The molecule has 3 N–H and O–H groups in total. The zero-order chi connectivity index (χ0) is 24.4. The van der Waals surface area contributed by atoms with E-state index in [0.717, 1.165) is 12.8 Å². The maximum atomic E-state index is 13.3. The first-order valence-corrected chi connectivity index (χ1v) is 11.3. The van der Waals surface area contributed by atoms with Crippen molar-refractivity contribution in [3.05, 3.63) is 41.5 Å². The Morgan fingerprint density at radius 2 is 1.50 bits per heavy atom. The molecule has 1 aliphatic rings. The lowest BCUT2D eigenvalue weighted by atomic mass is 9.87. The van der Waals surface area contributed by atoms with E-state index in [9.17, 15) is 24.9 Å². The van der Waals surface area contributed by atoms with Crippen LogP contribution in [0.3, 0.4) is 0 Å². The summed E-state index contributed by atoms with van der Waals surface area (Å²) in [5.41, 5.74) is 0.483. The molecule has 0 bridgehead atoms. The van der Waals surface area contributed by atoms with E-state index in [1.807, 2.05) is 13.8 Å². The van der Waals surface area contributed by atoms with E-state index >= 15 is 0 Å². The van der Waals surface area contributed by atoms with Gasteiger partial charge in [0.1, 0.15) is 5.75 Å². The number of ether oxygens (including phenoxy) is 3. The van der Waals surface area contributed by atoms with Gasteiger partial charge < -0.3 is 29.5 Å².